The molecule has 0 bridgehead atoms. The first kappa shape index (κ1) is 19.0. The van der Waals surface area contributed by atoms with Crippen molar-refractivity contribution in [1.82, 2.24) is 14.7 Å². The lowest BCUT2D eigenvalue weighted by Crippen LogP contribution is -2.34. The van der Waals surface area contributed by atoms with Gasteiger partial charge in [-0.05, 0) is 59.4 Å². The Morgan fingerprint density at radius 2 is 1.96 bits per heavy atom. The van der Waals surface area contributed by atoms with Crippen LogP contribution < -0.4 is 0 Å². The highest BCUT2D eigenvalue weighted by Crippen LogP contribution is 2.21. The van der Waals surface area contributed by atoms with Crippen LogP contribution >= 0.6 is 0 Å². The molecule has 1 saturated heterocycles. The van der Waals surface area contributed by atoms with Crippen molar-refractivity contribution in [1.29, 1.82) is 0 Å². The fraction of sp³-hybridized carbons (Fsp3) is 0.737. The molecule has 1 fully saturated rings. The third-order valence-electron chi connectivity index (χ3n) is 5.19. The maximum absolute atomic E-state index is 12.9. The number of hydrogen-bond acceptors (Lipinski definition) is 4. The summed E-state index contributed by atoms with van der Waals surface area (Å²) in [6, 6.07) is 2.52. The Kier molecular flexibility index (Phi) is 6.87. The van der Waals surface area contributed by atoms with E-state index in [4.69, 9.17) is 4.42 Å². The molecule has 0 radical (unpaired) electrons. The summed E-state index contributed by atoms with van der Waals surface area (Å²) in [5, 5.41) is 0. The van der Waals surface area contributed by atoms with E-state index < -0.39 is 0 Å². The zero-order chi connectivity index (χ0) is 17.7. The van der Waals surface area contributed by atoms with Gasteiger partial charge in [0.1, 0.15) is 11.5 Å². The summed E-state index contributed by atoms with van der Waals surface area (Å²) >= 11 is 0. The predicted molar refractivity (Wildman–Crippen MR) is 97.3 cm³/mol. The molecule has 2 heterocycles. The molecular formula is C19H33N3O2. The first-order chi connectivity index (χ1) is 11.5. The molecule has 1 aliphatic heterocycles. The van der Waals surface area contributed by atoms with E-state index in [9.17, 15) is 4.79 Å². The smallest absolute Gasteiger partial charge is 0.257 e. The first-order valence-electron chi connectivity index (χ1n) is 9.23. The Morgan fingerprint density at radius 1 is 1.25 bits per heavy atom. The van der Waals surface area contributed by atoms with Crippen molar-refractivity contribution in [3.05, 3.63) is 23.2 Å². The van der Waals surface area contributed by atoms with E-state index in [-0.39, 0.29) is 5.91 Å². The summed E-state index contributed by atoms with van der Waals surface area (Å²) in [7, 11) is 4.25. The number of furan rings is 1. The maximum atomic E-state index is 12.9. The monoisotopic (exact) mass is 335 g/mol. The highest BCUT2D eigenvalue weighted by Gasteiger charge is 2.25. The summed E-state index contributed by atoms with van der Waals surface area (Å²) in [4.78, 5) is 19.5. The minimum Gasteiger partial charge on any atom is -0.464 e. The lowest BCUT2D eigenvalue weighted by atomic mass is 10.1. The lowest BCUT2D eigenvalue weighted by Gasteiger charge is -2.23. The van der Waals surface area contributed by atoms with Gasteiger partial charge >= 0.3 is 0 Å². The summed E-state index contributed by atoms with van der Waals surface area (Å²) in [6.07, 6.45) is 3.27. The van der Waals surface area contributed by atoms with Crippen LogP contribution in [0.25, 0.3) is 0 Å². The van der Waals surface area contributed by atoms with Gasteiger partial charge in [0, 0.05) is 19.1 Å². The van der Waals surface area contributed by atoms with Gasteiger partial charge in [0.15, 0.2) is 0 Å². The molecule has 5 nitrogen and oxygen atoms in total. The van der Waals surface area contributed by atoms with E-state index in [0.717, 1.165) is 69.1 Å². The Morgan fingerprint density at radius 3 is 2.58 bits per heavy atom. The number of likely N-dealkylation sites (tertiary alicyclic amines) is 1. The van der Waals surface area contributed by atoms with E-state index in [0.29, 0.717) is 6.04 Å². The Hall–Kier alpha value is -1.33. The van der Waals surface area contributed by atoms with Crippen LogP contribution in [0.1, 0.15) is 55.0 Å². The molecule has 1 aromatic rings. The van der Waals surface area contributed by atoms with Crippen LogP contribution in [-0.2, 0) is 6.54 Å². The normalized spacial score (nSPS) is 19.1. The van der Waals surface area contributed by atoms with Crippen molar-refractivity contribution in [2.45, 2.75) is 52.6 Å². The van der Waals surface area contributed by atoms with Crippen LogP contribution in [0.15, 0.2) is 10.5 Å². The van der Waals surface area contributed by atoms with Crippen LogP contribution in [-0.4, -0.2) is 66.9 Å². The van der Waals surface area contributed by atoms with Crippen molar-refractivity contribution >= 4 is 5.91 Å². The largest absolute Gasteiger partial charge is 0.464 e. The summed E-state index contributed by atoms with van der Waals surface area (Å²) < 4.78 is 5.85. The molecule has 136 valence electrons. The molecule has 0 N–H and O–H groups in total. The quantitative estimate of drug-likeness (QED) is 0.801. The number of carbonyl (C=O) groups excluding carboxylic acids is 1. The minimum absolute atomic E-state index is 0.126. The van der Waals surface area contributed by atoms with Crippen molar-refractivity contribution in [2.75, 3.05) is 40.3 Å². The lowest BCUT2D eigenvalue weighted by molar-refractivity contribution is 0.0757. The van der Waals surface area contributed by atoms with Gasteiger partial charge in [-0.15, -0.1) is 0 Å². The van der Waals surface area contributed by atoms with Gasteiger partial charge in [0.2, 0.25) is 0 Å². The number of carbonyl (C=O) groups is 1. The number of hydrogen-bond donors (Lipinski definition) is 0. The van der Waals surface area contributed by atoms with E-state index in [1.54, 1.807) is 0 Å². The summed E-state index contributed by atoms with van der Waals surface area (Å²) in [6.45, 7) is 10.6. The Labute approximate surface area is 146 Å². The van der Waals surface area contributed by atoms with Crippen LogP contribution in [0.2, 0.25) is 0 Å². The molecule has 1 aromatic heterocycles. The van der Waals surface area contributed by atoms with E-state index in [1.807, 2.05) is 17.9 Å². The second-order valence-electron chi connectivity index (χ2n) is 6.98. The fourth-order valence-electron chi connectivity index (χ4n) is 3.47. The van der Waals surface area contributed by atoms with Crippen LogP contribution in [0.3, 0.4) is 0 Å². The fourth-order valence-corrected chi connectivity index (χ4v) is 3.47. The molecule has 0 aromatic carbocycles. The second-order valence-corrected chi connectivity index (χ2v) is 6.98. The Bertz CT molecular complexity index is 535. The molecule has 0 spiro atoms. The molecule has 24 heavy (non-hydrogen) atoms. The third-order valence-corrected chi connectivity index (χ3v) is 5.19. The van der Waals surface area contributed by atoms with Crippen molar-refractivity contribution in [3.8, 4) is 0 Å². The van der Waals surface area contributed by atoms with Crippen molar-refractivity contribution < 1.29 is 9.21 Å². The average molecular weight is 335 g/mol. The van der Waals surface area contributed by atoms with Crippen molar-refractivity contribution in [2.24, 2.45) is 0 Å². The molecule has 1 amide bonds. The highest BCUT2D eigenvalue weighted by atomic mass is 16.3. The third kappa shape index (κ3) is 4.61. The van der Waals surface area contributed by atoms with E-state index in [1.165, 1.54) is 0 Å². The summed E-state index contributed by atoms with van der Waals surface area (Å²) in [5.41, 5.74) is 0.737. The Balaban J connectivity index is 2.05. The van der Waals surface area contributed by atoms with Gasteiger partial charge in [-0.1, -0.05) is 13.8 Å². The van der Waals surface area contributed by atoms with Gasteiger partial charge in [-0.25, -0.2) is 0 Å². The topological polar surface area (TPSA) is 39.9 Å². The number of rotatable bonds is 6. The van der Waals surface area contributed by atoms with Crippen LogP contribution in [0.5, 0.6) is 0 Å². The van der Waals surface area contributed by atoms with E-state index >= 15 is 0 Å². The van der Waals surface area contributed by atoms with Gasteiger partial charge in [-0.2, -0.15) is 0 Å². The molecule has 1 atom stereocenters. The summed E-state index contributed by atoms with van der Waals surface area (Å²) in [5.74, 6) is 1.76. The highest BCUT2D eigenvalue weighted by molar-refractivity contribution is 5.95. The van der Waals surface area contributed by atoms with Gasteiger partial charge in [0.05, 0.1) is 12.1 Å². The average Bonchev–Trinajstić information content (AvgIpc) is 2.76. The number of amides is 1. The van der Waals surface area contributed by atoms with Crippen LogP contribution in [0.4, 0.5) is 0 Å². The molecule has 0 unspecified atom stereocenters. The first-order valence-corrected chi connectivity index (χ1v) is 9.23. The minimum atomic E-state index is 0.126. The van der Waals surface area contributed by atoms with Gasteiger partial charge in [0.25, 0.3) is 5.91 Å². The molecule has 2 rings (SSSR count). The van der Waals surface area contributed by atoms with Crippen LogP contribution in [0, 0.1) is 6.92 Å². The predicted octanol–water partition coefficient (Wildman–Crippen LogP) is 2.99. The molecule has 0 saturated carbocycles. The van der Waals surface area contributed by atoms with Crippen molar-refractivity contribution in [3.63, 3.8) is 0 Å². The number of aryl methyl sites for hydroxylation is 1. The maximum Gasteiger partial charge on any atom is 0.257 e. The molecule has 5 heteroatoms. The van der Waals surface area contributed by atoms with E-state index in [2.05, 4.69) is 37.7 Å². The van der Waals surface area contributed by atoms with Gasteiger partial charge in [-0.3, -0.25) is 9.69 Å². The second kappa shape index (κ2) is 8.67. The SMILES string of the molecule is CCN(CC)Cc1cc(C(=O)N2CCC[C@H](N(C)C)CC2)c(C)o1. The van der Waals surface area contributed by atoms with Gasteiger partial charge < -0.3 is 14.2 Å². The molecule has 0 aliphatic carbocycles. The zero-order valence-corrected chi connectivity index (χ0v) is 16.0. The zero-order valence-electron chi connectivity index (χ0n) is 16.0. The standard InChI is InChI=1S/C19H33N3O2/c1-6-21(7-2)14-17-13-18(15(3)24-17)19(23)22-11-8-9-16(10-12-22)20(4)5/h13,16H,6-12,14H2,1-5H3/t16-/m0/s1. The molecule has 1 aliphatic rings. The number of nitrogens with zero attached hydrogens (tertiary/aromatic N) is 3. The molecular weight excluding hydrogens is 302 g/mol.